The number of carboxylic acid groups (broad SMARTS) is 1. The molecule has 0 heterocycles. The molecule has 0 amide bonds. The van der Waals surface area contributed by atoms with Gasteiger partial charge >= 0.3 is 5.97 Å². The third-order valence-corrected chi connectivity index (χ3v) is 3.13. The second-order valence-corrected chi connectivity index (χ2v) is 4.40. The first-order valence-corrected chi connectivity index (χ1v) is 5.88. The average Bonchev–Trinajstić information content (AvgIpc) is 2.20. The Kier molecular flexibility index (Phi) is 4.94. The zero-order valence-corrected chi connectivity index (χ0v) is 9.51. The Morgan fingerprint density at radius 3 is 2.73 bits per heavy atom. The maximum absolute atomic E-state index is 10.6. The summed E-state index contributed by atoms with van der Waals surface area (Å²) >= 11 is 7.47. The number of aliphatic hydroxyl groups is 1. The topological polar surface area (TPSA) is 57.5 Å². The summed E-state index contributed by atoms with van der Waals surface area (Å²) in [6, 6.07) is 4.68. The van der Waals surface area contributed by atoms with Gasteiger partial charge in [0.25, 0.3) is 0 Å². The van der Waals surface area contributed by atoms with Gasteiger partial charge in [-0.1, -0.05) is 17.7 Å². The van der Waals surface area contributed by atoms with E-state index in [0.29, 0.717) is 16.5 Å². The van der Waals surface area contributed by atoms with Gasteiger partial charge in [-0.2, -0.15) is 11.8 Å². The van der Waals surface area contributed by atoms with Crippen molar-refractivity contribution in [3.63, 3.8) is 0 Å². The minimum atomic E-state index is -0.980. The molecule has 0 atom stereocenters. The molecule has 1 aromatic rings. The molecule has 0 aliphatic carbocycles. The highest BCUT2D eigenvalue weighted by Gasteiger charge is 2.06. The van der Waals surface area contributed by atoms with Gasteiger partial charge in [0, 0.05) is 16.5 Å². The van der Waals surface area contributed by atoms with Crippen LogP contribution in [0.1, 0.15) is 15.9 Å². The van der Waals surface area contributed by atoms with Gasteiger partial charge in [0.2, 0.25) is 0 Å². The van der Waals surface area contributed by atoms with E-state index in [1.54, 1.807) is 17.8 Å². The van der Waals surface area contributed by atoms with Crippen LogP contribution in [0.4, 0.5) is 0 Å². The van der Waals surface area contributed by atoms with Crippen LogP contribution in [0.25, 0.3) is 0 Å². The number of carboxylic acids is 1. The lowest BCUT2D eigenvalue weighted by Gasteiger charge is -2.04. The Hall–Kier alpha value is -0.710. The van der Waals surface area contributed by atoms with Crippen LogP contribution in [0.2, 0.25) is 5.02 Å². The molecule has 3 nitrogen and oxygen atoms in total. The van der Waals surface area contributed by atoms with E-state index in [1.165, 1.54) is 12.1 Å². The highest BCUT2D eigenvalue weighted by molar-refractivity contribution is 7.98. The van der Waals surface area contributed by atoms with Crippen molar-refractivity contribution in [2.75, 3.05) is 12.4 Å². The number of aliphatic hydroxyl groups excluding tert-OH is 1. The summed E-state index contributed by atoms with van der Waals surface area (Å²) in [6.07, 6.45) is 0. The van der Waals surface area contributed by atoms with Crippen molar-refractivity contribution in [1.82, 2.24) is 0 Å². The van der Waals surface area contributed by atoms with Gasteiger partial charge in [-0.25, -0.2) is 4.79 Å². The highest BCUT2D eigenvalue weighted by Crippen LogP contribution is 2.22. The summed E-state index contributed by atoms with van der Waals surface area (Å²) in [5, 5.41) is 17.8. The van der Waals surface area contributed by atoms with Gasteiger partial charge in [0.1, 0.15) is 0 Å². The summed E-state index contributed by atoms with van der Waals surface area (Å²) < 4.78 is 0. The summed E-state index contributed by atoms with van der Waals surface area (Å²) in [5.74, 6) is 0.350. The van der Waals surface area contributed by atoms with E-state index in [0.717, 1.165) is 5.56 Å². The van der Waals surface area contributed by atoms with Crippen molar-refractivity contribution in [1.29, 1.82) is 0 Å². The number of hydrogen-bond acceptors (Lipinski definition) is 3. The number of hydrogen-bond donors (Lipinski definition) is 2. The maximum atomic E-state index is 10.6. The quantitative estimate of drug-likeness (QED) is 0.783. The fourth-order valence-corrected chi connectivity index (χ4v) is 2.12. The van der Waals surface area contributed by atoms with Crippen LogP contribution in [0.3, 0.4) is 0 Å². The first-order valence-electron chi connectivity index (χ1n) is 4.35. The van der Waals surface area contributed by atoms with E-state index in [1.807, 2.05) is 0 Å². The molecule has 2 N–H and O–H groups in total. The molecule has 0 aliphatic rings. The minimum absolute atomic E-state index is 0.134. The molecule has 0 bridgehead atoms. The Labute approximate surface area is 97.1 Å². The van der Waals surface area contributed by atoms with Crippen LogP contribution in [-0.2, 0) is 5.75 Å². The predicted octanol–water partition coefficient (Wildman–Crippen LogP) is 2.26. The van der Waals surface area contributed by atoms with Crippen molar-refractivity contribution < 1.29 is 15.0 Å². The minimum Gasteiger partial charge on any atom is -0.478 e. The van der Waals surface area contributed by atoms with Crippen LogP contribution in [0, 0.1) is 0 Å². The molecule has 0 aliphatic heterocycles. The van der Waals surface area contributed by atoms with Crippen molar-refractivity contribution in [3.05, 3.63) is 34.3 Å². The predicted molar refractivity (Wildman–Crippen MR) is 61.7 cm³/mol. The molecule has 1 rings (SSSR count). The highest BCUT2D eigenvalue weighted by atomic mass is 35.5. The second-order valence-electron chi connectivity index (χ2n) is 2.89. The molecular weight excluding hydrogens is 236 g/mol. The molecule has 0 radical (unpaired) electrons. The Balaban J connectivity index is 2.70. The molecule has 82 valence electrons. The lowest BCUT2D eigenvalue weighted by Crippen LogP contribution is -1.97. The first-order chi connectivity index (χ1) is 7.15. The van der Waals surface area contributed by atoms with Gasteiger partial charge in [0.05, 0.1) is 12.2 Å². The molecular formula is C10H11ClO3S. The van der Waals surface area contributed by atoms with E-state index in [-0.39, 0.29) is 12.2 Å². The first kappa shape index (κ1) is 12.4. The fourth-order valence-electron chi connectivity index (χ4n) is 1.04. The van der Waals surface area contributed by atoms with Crippen molar-refractivity contribution >= 4 is 29.3 Å². The fraction of sp³-hybridized carbons (Fsp3) is 0.300. The lowest BCUT2D eigenvalue weighted by molar-refractivity contribution is 0.0697. The summed E-state index contributed by atoms with van der Waals surface area (Å²) in [4.78, 5) is 10.6. The van der Waals surface area contributed by atoms with E-state index >= 15 is 0 Å². The summed E-state index contributed by atoms with van der Waals surface area (Å²) in [5.41, 5.74) is 1.08. The third-order valence-electron chi connectivity index (χ3n) is 1.79. The van der Waals surface area contributed by atoms with Gasteiger partial charge < -0.3 is 10.2 Å². The van der Waals surface area contributed by atoms with Crippen LogP contribution in [0.15, 0.2) is 18.2 Å². The molecule has 1 aromatic carbocycles. The largest absolute Gasteiger partial charge is 0.478 e. The third kappa shape index (κ3) is 3.74. The van der Waals surface area contributed by atoms with Gasteiger partial charge in [-0.15, -0.1) is 0 Å². The smallest absolute Gasteiger partial charge is 0.335 e. The Morgan fingerprint density at radius 1 is 1.47 bits per heavy atom. The number of halogens is 1. The normalized spacial score (nSPS) is 10.3. The van der Waals surface area contributed by atoms with Crippen molar-refractivity contribution in [3.8, 4) is 0 Å². The van der Waals surface area contributed by atoms with Gasteiger partial charge in [0.15, 0.2) is 0 Å². The van der Waals surface area contributed by atoms with Crippen molar-refractivity contribution in [2.45, 2.75) is 5.75 Å². The van der Waals surface area contributed by atoms with Gasteiger partial charge in [-0.05, 0) is 17.7 Å². The average molecular weight is 247 g/mol. The maximum Gasteiger partial charge on any atom is 0.335 e. The number of thioether (sulfide) groups is 1. The van der Waals surface area contributed by atoms with Crippen molar-refractivity contribution in [2.24, 2.45) is 0 Å². The summed E-state index contributed by atoms with van der Waals surface area (Å²) in [7, 11) is 0. The molecule has 15 heavy (non-hydrogen) atoms. The molecule has 0 unspecified atom stereocenters. The standard InChI is InChI=1S/C10H11ClO3S/c11-9-5-7(10(13)14)1-2-8(9)6-15-4-3-12/h1-2,5,12H,3-4,6H2,(H,13,14). The van der Waals surface area contributed by atoms with E-state index in [4.69, 9.17) is 21.8 Å². The van der Waals surface area contributed by atoms with Crippen LogP contribution in [-0.4, -0.2) is 28.5 Å². The van der Waals surface area contributed by atoms with E-state index in [2.05, 4.69) is 0 Å². The lowest BCUT2D eigenvalue weighted by atomic mass is 10.1. The molecule has 0 saturated heterocycles. The SMILES string of the molecule is O=C(O)c1ccc(CSCCO)c(Cl)c1. The molecule has 0 aromatic heterocycles. The van der Waals surface area contributed by atoms with Crippen LogP contribution >= 0.6 is 23.4 Å². The zero-order valence-electron chi connectivity index (χ0n) is 7.94. The summed E-state index contributed by atoms with van der Waals surface area (Å²) in [6.45, 7) is 0.134. The van der Waals surface area contributed by atoms with Crippen LogP contribution in [0.5, 0.6) is 0 Å². The molecule has 5 heteroatoms. The Bertz CT molecular complexity index is 355. The van der Waals surface area contributed by atoms with E-state index in [9.17, 15) is 4.79 Å². The number of carbonyl (C=O) groups is 1. The molecule has 0 saturated carbocycles. The molecule has 0 spiro atoms. The van der Waals surface area contributed by atoms with Gasteiger partial charge in [-0.3, -0.25) is 0 Å². The zero-order chi connectivity index (χ0) is 11.3. The monoisotopic (exact) mass is 246 g/mol. The molecule has 0 fully saturated rings. The number of aromatic carboxylic acids is 1. The number of rotatable bonds is 5. The second kappa shape index (κ2) is 6.00. The number of benzene rings is 1. The van der Waals surface area contributed by atoms with E-state index < -0.39 is 5.97 Å². The Morgan fingerprint density at radius 2 is 2.20 bits per heavy atom. The van der Waals surface area contributed by atoms with Crippen LogP contribution < -0.4 is 0 Å².